The average molecular weight is 810 g/mol. The summed E-state index contributed by atoms with van der Waals surface area (Å²) in [5.41, 5.74) is -0.261. The molecule has 3 unspecified atom stereocenters. The van der Waals surface area contributed by atoms with Crippen LogP contribution in [-0.2, 0) is 40.6 Å². The monoisotopic (exact) mass is 810 g/mol. The highest BCUT2D eigenvalue weighted by Crippen LogP contribution is 2.49. The van der Waals surface area contributed by atoms with E-state index in [9.17, 15) is 15.3 Å². The molecule has 322 valence electrons. The Morgan fingerprint density at radius 3 is 1.68 bits per heavy atom. The van der Waals surface area contributed by atoms with Crippen LogP contribution in [0.4, 0.5) is 0 Å². The van der Waals surface area contributed by atoms with Crippen LogP contribution < -0.4 is 21.3 Å². The van der Waals surface area contributed by atoms with Gasteiger partial charge in [-0.3, -0.25) is 13.3 Å². The minimum Gasteiger partial charge on any atom is -0.389 e. The van der Waals surface area contributed by atoms with E-state index in [2.05, 4.69) is 26.2 Å². The van der Waals surface area contributed by atoms with Gasteiger partial charge in [0.15, 0.2) is 0 Å². The molecule has 0 bridgehead atoms. The summed E-state index contributed by atoms with van der Waals surface area (Å²) in [6.07, 6.45) is -0.396. The molecular formula is C34H79N5O12SSi. The van der Waals surface area contributed by atoms with E-state index in [4.69, 9.17) is 40.6 Å². The minimum atomic E-state index is -2.64. The first-order valence-electron chi connectivity index (χ1n) is 18.8. The molecule has 0 saturated carbocycles. The molecule has 7 N–H and O–H groups in total. The van der Waals surface area contributed by atoms with E-state index in [1.807, 2.05) is 20.8 Å². The van der Waals surface area contributed by atoms with E-state index in [0.29, 0.717) is 76.7 Å². The fourth-order valence-electron chi connectivity index (χ4n) is 5.06. The summed E-state index contributed by atoms with van der Waals surface area (Å²) < 4.78 is 49.8. The minimum absolute atomic E-state index is 0.219. The van der Waals surface area contributed by atoms with Crippen LogP contribution in [-0.4, -0.2) is 212 Å². The Labute approximate surface area is 323 Å². The second-order valence-corrected chi connectivity index (χ2v) is 19.6. The van der Waals surface area contributed by atoms with Gasteiger partial charge in [0.1, 0.15) is 5.94 Å². The quantitative estimate of drug-likeness (QED) is 0.0318. The number of methoxy groups -OCH3 is 1. The summed E-state index contributed by atoms with van der Waals surface area (Å²) in [6, 6.07) is 0.631. The molecule has 0 aliphatic rings. The van der Waals surface area contributed by atoms with Crippen molar-refractivity contribution in [2.45, 2.75) is 63.6 Å². The predicted octanol–water partition coefficient (Wildman–Crippen LogP) is -0.233. The SMILES string of the molecule is COCS(CCCOCC(O)CNCCN(CCNCCNCCNCC(O)COC(C)(C)C)CC(O)COCCC[Si](OC)(OC)OC)(OC)OC. The Bertz CT molecular complexity index is 814. The molecule has 0 heterocycles. The lowest BCUT2D eigenvalue weighted by Crippen LogP contribution is -2.44. The van der Waals surface area contributed by atoms with Crippen LogP contribution in [0.25, 0.3) is 0 Å². The van der Waals surface area contributed by atoms with Gasteiger partial charge in [0, 0.05) is 125 Å². The maximum Gasteiger partial charge on any atom is 0.500 e. The second-order valence-electron chi connectivity index (χ2n) is 13.7. The molecule has 0 fully saturated rings. The van der Waals surface area contributed by atoms with Gasteiger partial charge >= 0.3 is 8.80 Å². The normalized spacial score (nSPS) is 15.0. The molecule has 0 amide bonds. The molecule has 0 aromatic rings. The third kappa shape index (κ3) is 28.9. The topological polar surface area (TPSA) is 195 Å². The largest absolute Gasteiger partial charge is 0.500 e. The van der Waals surface area contributed by atoms with Gasteiger partial charge in [-0.15, -0.1) is 0 Å². The summed E-state index contributed by atoms with van der Waals surface area (Å²) in [5.74, 6) is 1.09. The molecule has 0 rings (SSSR count). The predicted molar refractivity (Wildman–Crippen MR) is 212 cm³/mol. The van der Waals surface area contributed by atoms with Gasteiger partial charge in [0.05, 0.1) is 58.0 Å². The highest BCUT2D eigenvalue weighted by atomic mass is 32.3. The van der Waals surface area contributed by atoms with Crippen molar-refractivity contribution in [3.8, 4) is 0 Å². The van der Waals surface area contributed by atoms with Crippen LogP contribution in [0.3, 0.4) is 0 Å². The third-order valence-corrected chi connectivity index (χ3v) is 13.6. The number of nitrogens with zero attached hydrogens (tertiary/aromatic N) is 1. The van der Waals surface area contributed by atoms with Crippen molar-refractivity contribution in [1.29, 1.82) is 0 Å². The molecule has 0 spiro atoms. The number of hydrogen-bond acceptors (Lipinski definition) is 17. The standard InChI is InChI=1S/C34H79N5O12SSi/c1-34(2,3)51-29-32(41)25-37-15-14-35-12-13-36-16-18-39(26-33(42)28-50-21-11-23-53(46-7,47-8)48-9)19-17-38-24-31(40)27-49-20-10-22-52(44-5,45-6)30-43-4/h31-33,35-38,40-42H,10-30H2,1-9H3. The lowest BCUT2D eigenvalue weighted by molar-refractivity contribution is -0.0477. The Hall–Kier alpha value is -0.113. The van der Waals surface area contributed by atoms with Gasteiger partial charge in [0.25, 0.3) is 0 Å². The second kappa shape index (κ2) is 32.9. The Balaban J connectivity index is 4.51. The van der Waals surface area contributed by atoms with Gasteiger partial charge in [-0.05, 0) is 33.6 Å². The number of hydrogen-bond donors (Lipinski definition) is 7. The van der Waals surface area contributed by atoms with E-state index in [0.717, 1.165) is 45.7 Å². The Morgan fingerprint density at radius 2 is 1.13 bits per heavy atom. The number of aliphatic hydroxyl groups is 3. The highest BCUT2D eigenvalue weighted by Gasteiger charge is 2.36. The molecule has 19 heteroatoms. The summed E-state index contributed by atoms with van der Waals surface area (Å²) in [4.78, 5) is 2.18. The number of nitrogens with one attached hydrogen (secondary N) is 4. The third-order valence-electron chi connectivity index (χ3n) is 8.08. The molecule has 0 aliphatic heterocycles. The molecule has 0 aromatic carbocycles. The maximum atomic E-state index is 10.8. The number of ether oxygens (including phenoxy) is 4. The molecule has 0 saturated heterocycles. The van der Waals surface area contributed by atoms with E-state index < -0.39 is 37.7 Å². The first-order chi connectivity index (χ1) is 25.3. The van der Waals surface area contributed by atoms with Crippen LogP contribution in [0, 0.1) is 0 Å². The smallest absolute Gasteiger partial charge is 0.389 e. The molecular weight excluding hydrogens is 731 g/mol. The van der Waals surface area contributed by atoms with Crippen LogP contribution in [0.5, 0.6) is 0 Å². The van der Waals surface area contributed by atoms with Gasteiger partial charge in [0.2, 0.25) is 0 Å². The molecule has 3 atom stereocenters. The lowest BCUT2D eigenvalue weighted by Gasteiger charge is -2.39. The number of rotatable bonds is 39. The van der Waals surface area contributed by atoms with Gasteiger partial charge in [-0.25, -0.2) is 0 Å². The summed E-state index contributed by atoms with van der Waals surface area (Å²) in [5, 5.41) is 44.6. The Kier molecular flexibility index (Phi) is 32.8. The number of aliphatic hydroxyl groups excluding tert-OH is 3. The molecule has 0 aliphatic carbocycles. The zero-order valence-corrected chi connectivity index (χ0v) is 36.3. The fourth-order valence-corrected chi connectivity index (χ4v) is 8.45. The average Bonchev–Trinajstić information content (AvgIpc) is 3.13. The first kappa shape index (κ1) is 52.9. The molecule has 0 aromatic heterocycles. The zero-order chi connectivity index (χ0) is 39.9. The molecule has 17 nitrogen and oxygen atoms in total. The van der Waals surface area contributed by atoms with Crippen molar-refractivity contribution in [1.82, 2.24) is 26.2 Å². The van der Waals surface area contributed by atoms with E-state index in [1.54, 1.807) is 42.7 Å². The van der Waals surface area contributed by atoms with Crippen molar-refractivity contribution in [2.24, 2.45) is 0 Å². The summed E-state index contributed by atoms with van der Waals surface area (Å²) in [6.45, 7) is 14.9. The van der Waals surface area contributed by atoms with Crippen molar-refractivity contribution in [3.05, 3.63) is 0 Å². The van der Waals surface area contributed by atoms with Crippen LogP contribution in [0.1, 0.15) is 33.6 Å². The fraction of sp³-hybridized carbons (Fsp3) is 1.00. The van der Waals surface area contributed by atoms with Crippen molar-refractivity contribution in [2.75, 3.05) is 159 Å². The summed E-state index contributed by atoms with van der Waals surface area (Å²) in [7, 11) is 5.27. The van der Waals surface area contributed by atoms with Gasteiger partial charge in [-0.2, -0.15) is 10.6 Å². The van der Waals surface area contributed by atoms with E-state index >= 15 is 0 Å². The zero-order valence-electron chi connectivity index (χ0n) is 34.5. The van der Waals surface area contributed by atoms with E-state index in [1.165, 1.54) is 0 Å². The first-order valence-corrected chi connectivity index (χ1v) is 22.5. The maximum absolute atomic E-state index is 10.8. The van der Waals surface area contributed by atoms with Crippen LogP contribution in [0.15, 0.2) is 0 Å². The summed E-state index contributed by atoms with van der Waals surface area (Å²) >= 11 is 0. The molecule has 53 heavy (non-hydrogen) atoms. The van der Waals surface area contributed by atoms with Crippen molar-refractivity contribution >= 4 is 19.4 Å². The van der Waals surface area contributed by atoms with E-state index in [-0.39, 0.29) is 18.8 Å². The molecule has 0 radical (unpaired) electrons. The Morgan fingerprint density at radius 1 is 0.642 bits per heavy atom. The van der Waals surface area contributed by atoms with Gasteiger partial charge < -0.3 is 68.8 Å². The van der Waals surface area contributed by atoms with Crippen molar-refractivity contribution in [3.63, 3.8) is 0 Å². The van der Waals surface area contributed by atoms with Crippen molar-refractivity contribution < 1.29 is 55.9 Å². The highest BCUT2D eigenvalue weighted by molar-refractivity contribution is 8.25. The van der Waals surface area contributed by atoms with Crippen LogP contribution in [0.2, 0.25) is 6.04 Å². The van der Waals surface area contributed by atoms with Gasteiger partial charge in [-0.1, -0.05) is 0 Å². The van der Waals surface area contributed by atoms with Crippen LogP contribution >= 0.6 is 10.6 Å². The lowest BCUT2D eigenvalue weighted by atomic mass is 10.2.